The van der Waals surface area contributed by atoms with E-state index >= 15 is 0 Å². The third kappa shape index (κ3) is 2.49. The molecule has 0 spiro atoms. The van der Waals surface area contributed by atoms with Crippen molar-refractivity contribution in [2.45, 2.75) is 6.10 Å². The highest BCUT2D eigenvalue weighted by Gasteiger charge is 2.21. The van der Waals surface area contributed by atoms with E-state index in [1.807, 2.05) is 6.07 Å². The summed E-state index contributed by atoms with van der Waals surface area (Å²) in [5, 5.41) is 2.36. The van der Waals surface area contributed by atoms with E-state index in [-0.39, 0.29) is 6.10 Å². The van der Waals surface area contributed by atoms with E-state index in [0.29, 0.717) is 0 Å². The van der Waals surface area contributed by atoms with E-state index in [1.165, 1.54) is 22.1 Å². The van der Waals surface area contributed by atoms with Crippen LogP contribution < -0.4 is 4.74 Å². The van der Waals surface area contributed by atoms with Gasteiger partial charge in [-0.05, 0) is 34.2 Å². The van der Waals surface area contributed by atoms with Gasteiger partial charge in [-0.15, -0.1) is 0 Å². The summed E-state index contributed by atoms with van der Waals surface area (Å²) in [6.07, 6.45) is 4.31. The SMILES string of the molecule is C1=CC(c2ccccc2)Oc2c1c(-c1ccccc1)cc1ccccc21. The fraction of sp³-hybridized carbons (Fsp3) is 0.0400. The molecule has 1 aliphatic rings. The second-order valence-electron chi connectivity index (χ2n) is 6.56. The molecule has 1 heterocycles. The molecule has 1 atom stereocenters. The van der Waals surface area contributed by atoms with Crippen LogP contribution in [0.5, 0.6) is 5.75 Å². The van der Waals surface area contributed by atoms with Gasteiger partial charge in [0.25, 0.3) is 0 Å². The van der Waals surface area contributed by atoms with E-state index in [9.17, 15) is 0 Å². The lowest BCUT2D eigenvalue weighted by Gasteiger charge is -2.25. The molecule has 0 aromatic heterocycles. The second kappa shape index (κ2) is 6.20. The van der Waals surface area contributed by atoms with Gasteiger partial charge in [0.2, 0.25) is 0 Å². The van der Waals surface area contributed by atoms with Crippen LogP contribution in [0.25, 0.3) is 28.0 Å². The standard InChI is InChI=1S/C25H18O/c1-3-9-18(10-4-1)23-17-20-13-7-8-14-21(20)25-22(23)15-16-24(26-25)19-11-5-2-6-12-19/h1-17,24H. The topological polar surface area (TPSA) is 9.23 Å². The molecule has 0 N–H and O–H groups in total. The number of rotatable bonds is 2. The molecule has 26 heavy (non-hydrogen) atoms. The van der Waals surface area contributed by atoms with Gasteiger partial charge in [0.1, 0.15) is 11.9 Å². The Kier molecular flexibility index (Phi) is 3.57. The summed E-state index contributed by atoms with van der Waals surface area (Å²) in [5.74, 6) is 0.971. The van der Waals surface area contributed by atoms with Crippen LogP contribution in [-0.4, -0.2) is 0 Å². The van der Waals surface area contributed by atoms with E-state index in [0.717, 1.165) is 16.7 Å². The Balaban J connectivity index is 1.73. The fourth-order valence-electron chi connectivity index (χ4n) is 3.65. The summed E-state index contributed by atoms with van der Waals surface area (Å²) < 4.78 is 6.51. The molecule has 0 amide bonds. The smallest absolute Gasteiger partial charge is 0.142 e. The van der Waals surface area contributed by atoms with Crippen molar-refractivity contribution in [1.82, 2.24) is 0 Å². The van der Waals surface area contributed by atoms with Gasteiger partial charge in [-0.3, -0.25) is 0 Å². The van der Waals surface area contributed by atoms with Gasteiger partial charge in [0, 0.05) is 10.9 Å². The number of ether oxygens (including phenoxy) is 1. The Labute approximate surface area is 153 Å². The quantitative estimate of drug-likeness (QED) is 0.398. The maximum Gasteiger partial charge on any atom is 0.142 e. The third-order valence-electron chi connectivity index (χ3n) is 4.94. The zero-order valence-corrected chi connectivity index (χ0v) is 14.3. The second-order valence-corrected chi connectivity index (χ2v) is 6.56. The first-order valence-corrected chi connectivity index (χ1v) is 8.91. The van der Waals surface area contributed by atoms with Gasteiger partial charge in [0.15, 0.2) is 0 Å². The van der Waals surface area contributed by atoms with Crippen LogP contribution in [0.2, 0.25) is 0 Å². The van der Waals surface area contributed by atoms with Crippen molar-refractivity contribution in [1.29, 1.82) is 0 Å². The zero-order valence-electron chi connectivity index (χ0n) is 14.3. The fourth-order valence-corrected chi connectivity index (χ4v) is 3.65. The predicted octanol–water partition coefficient (Wildman–Crippen LogP) is 6.65. The van der Waals surface area contributed by atoms with Gasteiger partial charge in [-0.1, -0.05) is 91.0 Å². The maximum absolute atomic E-state index is 6.51. The molecule has 0 saturated heterocycles. The first-order chi connectivity index (χ1) is 12.9. The summed E-state index contributed by atoms with van der Waals surface area (Å²) in [6.45, 7) is 0. The van der Waals surface area contributed by atoms with Crippen molar-refractivity contribution >= 4 is 16.8 Å². The summed E-state index contributed by atoms with van der Waals surface area (Å²) in [5.41, 5.74) is 4.74. The van der Waals surface area contributed by atoms with Crippen LogP contribution in [0.4, 0.5) is 0 Å². The highest BCUT2D eigenvalue weighted by Crippen LogP contribution is 2.43. The molecule has 1 unspecified atom stereocenters. The average molecular weight is 334 g/mol. The van der Waals surface area contributed by atoms with Gasteiger partial charge in [-0.2, -0.15) is 0 Å². The molecular weight excluding hydrogens is 316 g/mol. The van der Waals surface area contributed by atoms with Crippen LogP contribution in [0.1, 0.15) is 17.2 Å². The average Bonchev–Trinajstić information content (AvgIpc) is 2.74. The number of fused-ring (bicyclic) bond motifs is 3. The molecule has 1 heteroatoms. The van der Waals surface area contributed by atoms with Crippen molar-refractivity contribution < 1.29 is 4.74 Å². The molecule has 0 saturated carbocycles. The molecule has 0 aliphatic carbocycles. The Morgan fingerprint density at radius 3 is 2.19 bits per heavy atom. The van der Waals surface area contributed by atoms with E-state index in [4.69, 9.17) is 4.74 Å². The summed E-state index contributed by atoms with van der Waals surface area (Å²) >= 11 is 0. The van der Waals surface area contributed by atoms with Crippen LogP contribution in [0.3, 0.4) is 0 Å². The van der Waals surface area contributed by atoms with Crippen molar-refractivity contribution in [3.05, 3.63) is 108 Å². The van der Waals surface area contributed by atoms with Crippen LogP contribution in [-0.2, 0) is 0 Å². The lowest BCUT2D eigenvalue weighted by atomic mass is 9.92. The van der Waals surface area contributed by atoms with Crippen molar-refractivity contribution in [2.24, 2.45) is 0 Å². The molecule has 0 fully saturated rings. The maximum atomic E-state index is 6.51. The molecule has 1 nitrogen and oxygen atoms in total. The van der Waals surface area contributed by atoms with Crippen LogP contribution in [0, 0.1) is 0 Å². The van der Waals surface area contributed by atoms with E-state index in [2.05, 4.69) is 97.1 Å². The lowest BCUT2D eigenvalue weighted by Crippen LogP contribution is -2.10. The van der Waals surface area contributed by atoms with Crippen molar-refractivity contribution in [2.75, 3.05) is 0 Å². The Morgan fingerprint density at radius 1 is 0.692 bits per heavy atom. The van der Waals surface area contributed by atoms with Crippen molar-refractivity contribution in [3.63, 3.8) is 0 Å². The minimum absolute atomic E-state index is 0.0573. The number of benzene rings is 4. The first-order valence-electron chi connectivity index (χ1n) is 8.91. The first kappa shape index (κ1) is 15.0. The molecule has 4 aromatic rings. The van der Waals surface area contributed by atoms with Gasteiger partial charge in [0.05, 0.1) is 0 Å². The van der Waals surface area contributed by atoms with Crippen LogP contribution >= 0.6 is 0 Å². The highest BCUT2D eigenvalue weighted by atomic mass is 16.5. The number of hydrogen-bond donors (Lipinski definition) is 0. The highest BCUT2D eigenvalue weighted by molar-refractivity contribution is 5.98. The summed E-state index contributed by atoms with van der Waals surface area (Å²) in [4.78, 5) is 0. The minimum Gasteiger partial charge on any atom is -0.480 e. The van der Waals surface area contributed by atoms with Crippen LogP contribution in [0.15, 0.2) is 97.1 Å². The molecule has 5 rings (SSSR count). The Hall–Kier alpha value is -3.32. The summed E-state index contributed by atoms with van der Waals surface area (Å²) in [6, 6.07) is 31.6. The lowest BCUT2D eigenvalue weighted by molar-refractivity contribution is 0.255. The third-order valence-corrected chi connectivity index (χ3v) is 4.94. The van der Waals surface area contributed by atoms with Gasteiger partial charge >= 0.3 is 0 Å². The molecule has 124 valence electrons. The predicted molar refractivity (Wildman–Crippen MR) is 108 cm³/mol. The Bertz CT molecular complexity index is 1100. The van der Waals surface area contributed by atoms with Gasteiger partial charge < -0.3 is 4.74 Å². The molecular formula is C25H18O. The molecule has 0 bridgehead atoms. The summed E-state index contributed by atoms with van der Waals surface area (Å²) in [7, 11) is 0. The number of hydrogen-bond acceptors (Lipinski definition) is 1. The largest absolute Gasteiger partial charge is 0.480 e. The van der Waals surface area contributed by atoms with E-state index in [1.54, 1.807) is 0 Å². The monoisotopic (exact) mass is 334 g/mol. The molecule has 4 aromatic carbocycles. The van der Waals surface area contributed by atoms with Gasteiger partial charge in [-0.25, -0.2) is 0 Å². The van der Waals surface area contributed by atoms with E-state index < -0.39 is 0 Å². The molecule has 0 radical (unpaired) electrons. The zero-order chi connectivity index (χ0) is 17.3. The minimum atomic E-state index is -0.0573. The molecule has 1 aliphatic heterocycles. The van der Waals surface area contributed by atoms with Crippen molar-refractivity contribution in [3.8, 4) is 16.9 Å². The Morgan fingerprint density at radius 2 is 1.38 bits per heavy atom. The normalized spacial score (nSPS) is 15.5.